The van der Waals surface area contributed by atoms with Gasteiger partial charge in [0.1, 0.15) is 22.3 Å². The zero-order chi connectivity index (χ0) is 30.2. The van der Waals surface area contributed by atoms with Gasteiger partial charge in [-0.1, -0.05) is 97.1 Å². The van der Waals surface area contributed by atoms with E-state index in [-0.39, 0.29) is 0 Å². The number of para-hydroxylation sites is 2. The number of furan rings is 2. The van der Waals surface area contributed by atoms with Crippen LogP contribution in [0.15, 0.2) is 154 Å². The summed E-state index contributed by atoms with van der Waals surface area (Å²) in [6.45, 7) is 0. The molecule has 0 saturated carbocycles. The lowest BCUT2D eigenvalue weighted by atomic mass is 9.95. The van der Waals surface area contributed by atoms with Crippen LogP contribution in [0, 0.1) is 0 Å². The number of fused-ring (bicyclic) bond motifs is 9. The molecular formula is C42H24N2O2. The summed E-state index contributed by atoms with van der Waals surface area (Å²) in [7, 11) is 0. The van der Waals surface area contributed by atoms with E-state index < -0.39 is 0 Å². The van der Waals surface area contributed by atoms with Crippen LogP contribution in [0.2, 0.25) is 0 Å². The van der Waals surface area contributed by atoms with Gasteiger partial charge in [-0.15, -0.1) is 0 Å². The summed E-state index contributed by atoms with van der Waals surface area (Å²) in [6.07, 6.45) is 0. The van der Waals surface area contributed by atoms with Gasteiger partial charge in [-0.3, -0.25) is 0 Å². The Morgan fingerprint density at radius 1 is 0.370 bits per heavy atom. The fourth-order valence-corrected chi connectivity index (χ4v) is 6.89. The average Bonchev–Trinajstić information content (AvgIpc) is 3.69. The van der Waals surface area contributed by atoms with E-state index in [4.69, 9.17) is 18.8 Å². The molecule has 10 rings (SSSR count). The summed E-state index contributed by atoms with van der Waals surface area (Å²) in [6, 6.07) is 50.3. The average molecular weight is 589 g/mol. The number of benzene rings is 7. The molecule has 10 aromatic rings. The Labute approximate surface area is 263 Å². The molecule has 0 atom stereocenters. The third-order valence-electron chi connectivity index (χ3n) is 9.08. The number of rotatable bonds is 3. The molecule has 0 bridgehead atoms. The molecule has 0 unspecified atom stereocenters. The number of hydrogen-bond donors (Lipinski definition) is 0. The van der Waals surface area contributed by atoms with Crippen molar-refractivity contribution in [3.8, 4) is 33.8 Å². The highest BCUT2D eigenvalue weighted by molar-refractivity contribution is 6.19. The van der Waals surface area contributed by atoms with E-state index in [9.17, 15) is 0 Å². The third-order valence-corrected chi connectivity index (χ3v) is 9.08. The van der Waals surface area contributed by atoms with Crippen LogP contribution in [-0.4, -0.2) is 9.97 Å². The summed E-state index contributed by atoms with van der Waals surface area (Å²) >= 11 is 0. The Morgan fingerprint density at radius 2 is 1.07 bits per heavy atom. The lowest BCUT2D eigenvalue weighted by molar-refractivity contribution is 0.669. The van der Waals surface area contributed by atoms with Crippen LogP contribution in [0.1, 0.15) is 0 Å². The zero-order valence-corrected chi connectivity index (χ0v) is 24.6. The lowest BCUT2D eigenvalue weighted by Crippen LogP contribution is -1.95. The molecule has 4 heteroatoms. The van der Waals surface area contributed by atoms with E-state index in [1.165, 1.54) is 16.5 Å². The Morgan fingerprint density at radius 3 is 1.96 bits per heavy atom. The maximum atomic E-state index is 6.64. The standard InChI is InChI=1S/C42H24N2O2/c1-2-10-25(11-3-1)33-24-35-30-20-18-27(23-39(30)46-41(35)31-14-5-4-12-28(31)33)42-43-36-16-8-6-15-32(36)40(44-42)26-19-21-38-34(22-26)29-13-7-9-17-37(29)45-38/h1-24H. The summed E-state index contributed by atoms with van der Waals surface area (Å²) < 4.78 is 12.7. The zero-order valence-electron chi connectivity index (χ0n) is 24.6. The molecule has 0 amide bonds. The molecule has 0 N–H and O–H groups in total. The molecule has 7 aromatic carbocycles. The highest BCUT2D eigenvalue weighted by atomic mass is 16.3. The molecule has 46 heavy (non-hydrogen) atoms. The number of nitrogens with zero attached hydrogens (tertiary/aromatic N) is 2. The van der Waals surface area contributed by atoms with Crippen molar-refractivity contribution >= 4 is 65.6 Å². The van der Waals surface area contributed by atoms with Crippen molar-refractivity contribution in [1.29, 1.82) is 0 Å². The first-order chi connectivity index (χ1) is 22.8. The van der Waals surface area contributed by atoms with Gasteiger partial charge >= 0.3 is 0 Å². The van der Waals surface area contributed by atoms with Gasteiger partial charge in [-0.25, -0.2) is 9.97 Å². The molecule has 0 radical (unpaired) electrons. The highest BCUT2D eigenvalue weighted by Crippen LogP contribution is 2.41. The summed E-state index contributed by atoms with van der Waals surface area (Å²) in [5.74, 6) is 0.656. The van der Waals surface area contributed by atoms with E-state index in [2.05, 4.69) is 103 Å². The van der Waals surface area contributed by atoms with E-state index in [1.54, 1.807) is 0 Å². The first kappa shape index (κ1) is 25.1. The van der Waals surface area contributed by atoms with Crippen LogP contribution in [-0.2, 0) is 0 Å². The normalized spacial score (nSPS) is 11.9. The molecule has 0 aliphatic heterocycles. The predicted molar refractivity (Wildman–Crippen MR) is 188 cm³/mol. The SMILES string of the molecule is c1ccc(-c2cc3c4ccc(-c5nc(-c6ccc7oc8ccccc8c7c6)c6ccccc6n5)cc4oc3c3ccccc23)cc1. The number of aromatic nitrogens is 2. The Balaban J connectivity index is 1.17. The molecule has 3 heterocycles. The molecular weight excluding hydrogens is 564 g/mol. The van der Waals surface area contributed by atoms with E-state index in [0.29, 0.717) is 5.82 Å². The van der Waals surface area contributed by atoms with Gasteiger partial charge in [-0.2, -0.15) is 0 Å². The van der Waals surface area contributed by atoms with Crippen molar-refractivity contribution < 1.29 is 8.83 Å². The molecule has 0 aliphatic carbocycles. The molecule has 0 spiro atoms. The fraction of sp³-hybridized carbons (Fsp3) is 0. The van der Waals surface area contributed by atoms with E-state index in [0.717, 1.165) is 77.0 Å². The van der Waals surface area contributed by atoms with Crippen LogP contribution >= 0.6 is 0 Å². The second-order valence-electron chi connectivity index (χ2n) is 11.7. The maximum absolute atomic E-state index is 6.64. The van der Waals surface area contributed by atoms with Gasteiger partial charge in [0.2, 0.25) is 0 Å². The molecule has 4 nitrogen and oxygen atoms in total. The molecule has 0 saturated heterocycles. The van der Waals surface area contributed by atoms with Crippen LogP contribution < -0.4 is 0 Å². The fourth-order valence-electron chi connectivity index (χ4n) is 6.89. The van der Waals surface area contributed by atoms with E-state index >= 15 is 0 Å². The van der Waals surface area contributed by atoms with Crippen molar-refractivity contribution in [2.24, 2.45) is 0 Å². The molecule has 3 aromatic heterocycles. The summed E-state index contributed by atoms with van der Waals surface area (Å²) in [5.41, 5.74) is 9.53. The van der Waals surface area contributed by atoms with Crippen molar-refractivity contribution in [2.75, 3.05) is 0 Å². The van der Waals surface area contributed by atoms with Crippen molar-refractivity contribution in [1.82, 2.24) is 9.97 Å². The topological polar surface area (TPSA) is 52.1 Å². The largest absolute Gasteiger partial charge is 0.456 e. The maximum Gasteiger partial charge on any atom is 0.160 e. The summed E-state index contributed by atoms with van der Waals surface area (Å²) in [4.78, 5) is 10.2. The Hall–Kier alpha value is -6.26. The minimum Gasteiger partial charge on any atom is -0.456 e. The Kier molecular flexibility index (Phi) is 5.25. The monoisotopic (exact) mass is 588 g/mol. The van der Waals surface area contributed by atoms with Crippen LogP contribution in [0.25, 0.3) is 99.3 Å². The smallest absolute Gasteiger partial charge is 0.160 e. The van der Waals surface area contributed by atoms with Crippen LogP contribution in [0.3, 0.4) is 0 Å². The quantitative estimate of drug-likeness (QED) is 0.206. The van der Waals surface area contributed by atoms with Gasteiger partial charge in [0.05, 0.1) is 11.2 Å². The highest BCUT2D eigenvalue weighted by Gasteiger charge is 2.18. The van der Waals surface area contributed by atoms with Crippen molar-refractivity contribution in [2.45, 2.75) is 0 Å². The minimum atomic E-state index is 0.656. The lowest BCUT2D eigenvalue weighted by Gasteiger charge is -2.10. The first-order valence-corrected chi connectivity index (χ1v) is 15.4. The first-order valence-electron chi connectivity index (χ1n) is 15.4. The summed E-state index contributed by atoms with van der Waals surface area (Å²) in [5, 5.41) is 7.61. The van der Waals surface area contributed by atoms with Gasteiger partial charge in [0, 0.05) is 43.4 Å². The molecule has 0 aliphatic rings. The minimum absolute atomic E-state index is 0.656. The molecule has 0 fully saturated rings. The van der Waals surface area contributed by atoms with Gasteiger partial charge in [0.15, 0.2) is 5.82 Å². The van der Waals surface area contributed by atoms with Gasteiger partial charge in [0.25, 0.3) is 0 Å². The second-order valence-corrected chi connectivity index (χ2v) is 11.7. The second kappa shape index (κ2) is 9.62. The third kappa shape index (κ3) is 3.74. The van der Waals surface area contributed by atoms with Crippen LogP contribution in [0.4, 0.5) is 0 Å². The number of hydrogen-bond acceptors (Lipinski definition) is 4. The van der Waals surface area contributed by atoms with Crippen LogP contribution in [0.5, 0.6) is 0 Å². The Bertz CT molecular complexity index is 2810. The molecule has 214 valence electrons. The van der Waals surface area contributed by atoms with Gasteiger partial charge in [-0.05, 0) is 65.0 Å². The predicted octanol–water partition coefficient (Wildman–Crippen LogP) is 11.6. The van der Waals surface area contributed by atoms with E-state index in [1.807, 2.05) is 42.5 Å². The van der Waals surface area contributed by atoms with Gasteiger partial charge < -0.3 is 8.83 Å². The van der Waals surface area contributed by atoms with Crippen molar-refractivity contribution in [3.05, 3.63) is 146 Å². The van der Waals surface area contributed by atoms with Crippen molar-refractivity contribution in [3.63, 3.8) is 0 Å².